The smallest absolute Gasteiger partial charge is 0.222 e. The molecule has 7 heteroatoms. The Kier molecular flexibility index (Phi) is 3.72. The zero-order chi connectivity index (χ0) is 13.2. The van der Waals surface area contributed by atoms with Crippen molar-refractivity contribution in [1.29, 1.82) is 0 Å². The van der Waals surface area contributed by atoms with E-state index in [0.717, 1.165) is 5.76 Å². The van der Waals surface area contributed by atoms with Gasteiger partial charge in [-0.2, -0.15) is 0 Å². The van der Waals surface area contributed by atoms with Crippen LogP contribution in [0.1, 0.15) is 12.2 Å². The van der Waals surface area contributed by atoms with Crippen LogP contribution in [0, 0.1) is 5.92 Å². The van der Waals surface area contributed by atoms with Crippen LogP contribution in [0.25, 0.3) is 0 Å². The molecule has 0 saturated carbocycles. The quantitative estimate of drug-likeness (QED) is 0.813. The van der Waals surface area contributed by atoms with Crippen LogP contribution in [-0.2, 0) is 21.2 Å². The maximum Gasteiger partial charge on any atom is 0.222 e. The number of primary sulfonamides is 1. The number of rotatable bonds is 5. The molecule has 2 rings (SSSR count). The molecule has 1 aliphatic heterocycles. The molecule has 18 heavy (non-hydrogen) atoms. The van der Waals surface area contributed by atoms with E-state index in [1.807, 2.05) is 6.07 Å². The Balaban J connectivity index is 1.86. The molecule has 0 aromatic carbocycles. The number of amides is 1. The van der Waals surface area contributed by atoms with Gasteiger partial charge in [0, 0.05) is 31.8 Å². The first-order valence-corrected chi connectivity index (χ1v) is 7.46. The number of sulfonamides is 1. The predicted octanol–water partition coefficient (Wildman–Crippen LogP) is -0.0409. The Bertz CT molecular complexity index is 509. The second-order valence-corrected chi connectivity index (χ2v) is 6.23. The van der Waals surface area contributed by atoms with Crippen molar-refractivity contribution in [3.63, 3.8) is 0 Å². The lowest BCUT2D eigenvalue weighted by molar-refractivity contribution is -0.127. The average Bonchev–Trinajstić information content (AvgIpc) is 2.83. The van der Waals surface area contributed by atoms with Gasteiger partial charge in [0.15, 0.2) is 0 Å². The molecular formula is C11H16N2O4S. The molecule has 1 unspecified atom stereocenters. The van der Waals surface area contributed by atoms with Gasteiger partial charge in [-0.25, -0.2) is 13.6 Å². The number of carbonyl (C=O) groups is 1. The molecule has 2 heterocycles. The van der Waals surface area contributed by atoms with E-state index >= 15 is 0 Å². The van der Waals surface area contributed by atoms with Crippen molar-refractivity contribution in [3.05, 3.63) is 24.2 Å². The van der Waals surface area contributed by atoms with Crippen molar-refractivity contribution in [2.24, 2.45) is 11.1 Å². The lowest BCUT2D eigenvalue weighted by Crippen LogP contribution is -2.29. The Hall–Kier alpha value is -1.34. The molecule has 1 fully saturated rings. The highest BCUT2D eigenvalue weighted by Crippen LogP contribution is 2.19. The van der Waals surface area contributed by atoms with Gasteiger partial charge < -0.3 is 9.32 Å². The average molecular weight is 272 g/mol. The summed E-state index contributed by atoms with van der Waals surface area (Å²) in [4.78, 5) is 13.4. The maximum atomic E-state index is 11.7. The first-order valence-electron chi connectivity index (χ1n) is 5.74. The normalized spacial score (nSPS) is 20.6. The van der Waals surface area contributed by atoms with Crippen LogP contribution >= 0.6 is 0 Å². The fraction of sp³-hybridized carbons (Fsp3) is 0.545. The lowest BCUT2D eigenvalue weighted by Gasteiger charge is -2.15. The standard InChI is InChI=1S/C11H16N2O4S/c12-18(15,16)8-9-6-11(14)13(7-9)4-3-10-2-1-5-17-10/h1-2,5,9H,3-4,6-8H2,(H2,12,15,16). The molecule has 0 radical (unpaired) electrons. The van der Waals surface area contributed by atoms with E-state index < -0.39 is 10.0 Å². The molecule has 1 atom stereocenters. The zero-order valence-corrected chi connectivity index (χ0v) is 10.7. The Morgan fingerprint density at radius 2 is 2.28 bits per heavy atom. The van der Waals surface area contributed by atoms with E-state index in [1.165, 1.54) is 0 Å². The van der Waals surface area contributed by atoms with Crippen LogP contribution in [0.4, 0.5) is 0 Å². The van der Waals surface area contributed by atoms with Crippen LogP contribution in [0.15, 0.2) is 22.8 Å². The molecule has 0 aliphatic carbocycles. The molecule has 0 spiro atoms. The summed E-state index contributed by atoms with van der Waals surface area (Å²) in [7, 11) is -3.51. The minimum absolute atomic E-state index is 0.0183. The molecule has 6 nitrogen and oxygen atoms in total. The number of furan rings is 1. The fourth-order valence-corrected chi connectivity index (χ4v) is 3.09. The third kappa shape index (κ3) is 3.58. The van der Waals surface area contributed by atoms with Gasteiger partial charge in [-0.1, -0.05) is 0 Å². The fourth-order valence-electron chi connectivity index (χ4n) is 2.21. The summed E-state index contributed by atoms with van der Waals surface area (Å²) in [6.07, 6.45) is 2.49. The summed E-state index contributed by atoms with van der Waals surface area (Å²) in [5.41, 5.74) is 0. The van der Waals surface area contributed by atoms with Gasteiger partial charge in [0.25, 0.3) is 0 Å². The van der Waals surface area contributed by atoms with Crippen LogP contribution in [-0.4, -0.2) is 38.1 Å². The van der Waals surface area contributed by atoms with Crippen molar-refractivity contribution in [3.8, 4) is 0 Å². The number of hydrogen-bond donors (Lipinski definition) is 1. The van der Waals surface area contributed by atoms with E-state index in [2.05, 4.69) is 0 Å². The third-order valence-corrected chi connectivity index (χ3v) is 3.91. The SMILES string of the molecule is NS(=O)(=O)CC1CC(=O)N(CCc2ccco2)C1. The van der Waals surface area contributed by atoms with Crippen molar-refractivity contribution in [1.82, 2.24) is 4.90 Å². The summed E-state index contributed by atoms with van der Waals surface area (Å²) in [6, 6.07) is 3.65. The highest BCUT2D eigenvalue weighted by molar-refractivity contribution is 7.89. The van der Waals surface area contributed by atoms with Crippen LogP contribution in [0.2, 0.25) is 0 Å². The summed E-state index contributed by atoms with van der Waals surface area (Å²) in [6.45, 7) is 1.00. The minimum atomic E-state index is -3.51. The van der Waals surface area contributed by atoms with E-state index in [9.17, 15) is 13.2 Å². The summed E-state index contributed by atoms with van der Waals surface area (Å²) in [5.74, 6) is 0.479. The Morgan fingerprint density at radius 1 is 1.50 bits per heavy atom. The molecule has 100 valence electrons. The van der Waals surface area contributed by atoms with Crippen molar-refractivity contribution in [2.45, 2.75) is 12.8 Å². The minimum Gasteiger partial charge on any atom is -0.469 e. The second kappa shape index (κ2) is 5.11. The number of carbonyl (C=O) groups excluding carboxylic acids is 1. The summed E-state index contributed by atoms with van der Waals surface area (Å²) >= 11 is 0. The van der Waals surface area contributed by atoms with Gasteiger partial charge in [-0.3, -0.25) is 4.79 Å². The van der Waals surface area contributed by atoms with Crippen molar-refractivity contribution < 1.29 is 17.6 Å². The second-order valence-electron chi connectivity index (χ2n) is 4.57. The summed E-state index contributed by atoms with van der Waals surface area (Å²) < 4.78 is 27.1. The largest absolute Gasteiger partial charge is 0.469 e. The number of nitrogens with zero attached hydrogens (tertiary/aromatic N) is 1. The van der Waals surface area contributed by atoms with Gasteiger partial charge in [0.05, 0.1) is 12.0 Å². The van der Waals surface area contributed by atoms with Gasteiger partial charge in [-0.05, 0) is 12.1 Å². The molecule has 2 N–H and O–H groups in total. The number of hydrogen-bond acceptors (Lipinski definition) is 4. The number of nitrogens with two attached hydrogens (primary N) is 1. The molecule has 1 aromatic heterocycles. The molecule has 1 aliphatic rings. The molecule has 1 saturated heterocycles. The van der Waals surface area contributed by atoms with Gasteiger partial charge >= 0.3 is 0 Å². The van der Waals surface area contributed by atoms with Crippen molar-refractivity contribution in [2.75, 3.05) is 18.8 Å². The van der Waals surface area contributed by atoms with Gasteiger partial charge in [0.1, 0.15) is 5.76 Å². The van der Waals surface area contributed by atoms with E-state index in [0.29, 0.717) is 19.5 Å². The molecule has 1 amide bonds. The summed E-state index contributed by atoms with van der Waals surface area (Å²) in [5, 5.41) is 4.98. The maximum absolute atomic E-state index is 11.7. The van der Waals surface area contributed by atoms with E-state index in [4.69, 9.17) is 9.56 Å². The van der Waals surface area contributed by atoms with Gasteiger partial charge in [-0.15, -0.1) is 0 Å². The highest BCUT2D eigenvalue weighted by atomic mass is 32.2. The highest BCUT2D eigenvalue weighted by Gasteiger charge is 2.31. The Labute approximate surface area is 106 Å². The monoisotopic (exact) mass is 272 g/mol. The number of likely N-dealkylation sites (tertiary alicyclic amines) is 1. The van der Waals surface area contributed by atoms with E-state index in [-0.39, 0.29) is 24.0 Å². The first-order chi connectivity index (χ1) is 8.44. The van der Waals surface area contributed by atoms with Crippen LogP contribution in [0.5, 0.6) is 0 Å². The lowest BCUT2D eigenvalue weighted by atomic mass is 10.1. The zero-order valence-electron chi connectivity index (χ0n) is 9.91. The predicted molar refractivity (Wildman–Crippen MR) is 65.1 cm³/mol. The van der Waals surface area contributed by atoms with Gasteiger partial charge in [0.2, 0.25) is 15.9 Å². The van der Waals surface area contributed by atoms with Crippen LogP contribution in [0.3, 0.4) is 0 Å². The van der Waals surface area contributed by atoms with Crippen LogP contribution < -0.4 is 5.14 Å². The van der Waals surface area contributed by atoms with E-state index in [1.54, 1.807) is 17.2 Å². The van der Waals surface area contributed by atoms with Crippen molar-refractivity contribution >= 4 is 15.9 Å². The Morgan fingerprint density at radius 3 is 2.89 bits per heavy atom. The topological polar surface area (TPSA) is 93.6 Å². The third-order valence-electron chi connectivity index (χ3n) is 2.97. The molecular weight excluding hydrogens is 256 g/mol. The molecule has 0 bridgehead atoms. The first kappa shape index (κ1) is 13.1. The molecule has 1 aromatic rings.